The highest BCUT2D eigenvalue weighted by Crippen LogP contribution is 2.19. The number of hydrogen-bond acceptors (Lipinski definition) is 3. The summed E-state index contributed by atoms with van der Waals surface area (Å²) in [6.07, 6.45) is 0.767. The molecule has 0 aliphatic rings. The van der Waals surface area contributed by atoms with Gasteiger partial charge in [-0.2, -0.15) is 0 Å². The molecule has 0 saturated carbocycles. The molecule has 0 amide bonds. The SMILES string of the molecule is CNCc1cc(S(=O)(=O)NCCC(C)C)cc(C)c1F. The van der Waals surface area contributed by atoms with E-state index in [0.29, 0.717) is 30.1 Å². The molecule has 0 aliphatic carbocycles. The van der Waals surface area contributed by atoms with Gasteiger partial charge in [0, 0.05) is 18.7 Å². The van der Waals surface area contributed by atoms with Gasteiger partial charge in [-0.25, -0.2) is 17.5 Å². The number of halogens is 1. The second-order valence-electron chi connectivity index (χ2n) is 5.32. The largest absolute Gasteiger partial charge is 0.316 e. The first-order valence-corrected chi connectivity index (χ1v) is 8.19. The topological polar surface area (TPSA) is 58.2 Å². The van der Waals surface area contributed by atoms with Gasteiger partial charge in [0.2, 0.25) is 10.0 Å². The number of hydrogen-bond donors (Lipinski definition) is 2. The van der Waals surface area contributed by atoms with Crippen molar-refractivity contribution in [3.63, 3.8) is 0 Å². The van der Waals surface area contributed by atoms with Crippen LogP contribution in [0.15, 0.2) is 17.0 Å². The molecule has 0 bridgehead atoms. The van der Waals surface area contributed by atoms with Gasteiger partial charge in [0.15, 0.2) is 0 Å². The van der Waals surface area contributed by atoms with Crippen LogP contribution in [0.5, 0.6) is 0 Å². The van der Waals surface area contributed by atoms with Crippen molar-refractivity contribution in [2.75, 3.05) is 13.6 Å². The Balaban J connectivity index is 3.00. The third-order valence-corrected chi connectivity index (χ3v) is 4.44. The highest BCUT2D eigenvalue weighted by Gasteiger charge is 2.17. The molecule has 0 aliphatic heterocycles. The van der Waals surface area contributed by atoms with E-state index in [4.69, 9.17) is 0 Å². The van der Waals surface area contributed by atoms with Gasteiger partial charge in [-0.05, 0) is 44.0 Å². The Hall–Kier alpha value is -0.980. The lowest BCUT2D eigenvalue weighted by Crippen LogP contribution is -2.26. The first kappa shape index (κ1) is 17.1. The van der Waals surface area contributed by atoms with Crippen molar-refractivity contribution >= 4 is 10.0 Å². The number of sulfonamides is 1. The lowest BCUT2D eigenvalue weighted by Gasteiger charge is -2.12. The molecule has 6 heteroatoms. The minimum atomic E-state index is -3.58. The maximum absolute atomic E-state index is 13.9. The molecule has 0 radical (unpaired) electrons. The predicted molar refractivity (Wildman–Crippen MR) is 78.5 cm³/mol. The van der Waals surface area contributed by atoms with Gasteiger partial charge in [-0.15, -0.1) is 0 Å². The maximum atomic E-state index is 13.9. The fourth-order valence-corrected chi connectivity index (χ4v) is 3.03. The van der Waals surface area contributed by atoms with Crippen LogP contribution >= 0.6 is 0 Å². The van der Waals surface area contributed by atoms with E-state index in [1.807, 2.05) is 13.8 Å². The Morgan fingerprint density at radius 2 is 1.95 bits per heavy atom. The summed E-state index contributed by atoms with van der Waals surface area (Å²) >= 11 is 0. The quantitative estimate of drug-likeness (QED) is 0.811. The molecule has 0 heterocycles. The predicted octanol–water partition coefficient (Wildman–Crippen LogP) is 2.18. The summed E-state index contributed by atoms with van der Waals surface area (Å²) in [5.41, 5.74) is 0.693. The standard InChI is InChI=1S/C14H23FN2O2S/c1-10(2)5-6-17-20(18,19)13-7-11(3)14(15)12(8-13)9-16-4/h7-8,10,16-17H,5-6,9H2,1-4H3. The third kappa shape index (κ3) is 4.54. The molecular formula is C14H23FN2O2S. The Labute approximate surface area is 120 Å². The van der Waals surface area contributed by atoms with Gasteiger partial charge in [0.1, 0.15) is 5.82 Å². The Morgan fingerprint density at radius 3 is 2.50 bits per heavy atom. The third-order valence-electron chi connectivity index (χ3n) is 2.99. The fraction of sp³-hybridized carbons (Fsp3) is 0.571. The van der Waals surface area contributed by atoms with E-state index < -0.39 is 10.0 Å². The Morgan fingerprint density at radius 1 is 1.30 bits per heavy atom. The summed E-state index contributed by atoms with van der Waals surface area (Å²) in [4.78, 5) is 0.116. The van der Waals surface area contributed by atoms with Gasteiger partial charge in [-0.3, -0.25) is 0 Å². The minimum absolute atomic E-state index is 0.116. The molecule has 0 fully saturated rings. The second kappa shape index (κ2) is 7.15. The highest BCUT2D eigenvalue weighted by atomic mass is 32.2. The van der Waals surface area contributed by atoms with E-state index in [1.165, 1.54) is 12.1 Å². The van der Waals surface area contributed by atoms with Crippen LogP contribution in [0.25, 0.3) is 0 Å². The van der Waals surface area contributed by atoms with Gasteiger partial charge < -0.3 is 5.32 Å². The zero-order chi connectivity index (χ0) is 15.3. The average Bonchev–Trinajstić information content (AvgIpc) is 2.34. The molecule has 1 aromatic carbocycles. The van der Waals surface area contributed by atoms with Crippen LogP contribution in [-0.2, 0) is 16.6 Å². The van der Waals surface area contributed by atoms with Crippen molar-refractivity contribution in [3.05, 3.63) is 29.1 Å². The fourth-order valence-electron chi connectivity index (χ4n) is 1.85. The van der Waals surface area contributed by atoms with Crippen molar-refractivity contribution in [2.24, 2.45) is 5.92 Å². The molecule has 0 unspecified atom stereocenters. The van der Waals surface area contributed by atoms with Crippen LogP contribution in [0, 0.1) is 18.7 Å². The van der Waals surface area contributed by atoms with Crippen LogP contribution in [0.2, 0.25) is 0 Å². The zero-order valence-corrected chi connectivity index (χ0v) is 13.3. The van der Waals surface area contributed by atoms with Gasteiger partial charge in [-0.1, -0.05) is 13.8 Å². The summed E-state index contributed by atoms with van der Waals surface area (Å²) in [7, 11) is -1.89. The van der Waals surface area contributed by atoms with Gasteiger partial charge in [0.25, 0.3) is 0 Å². The highest BCUT2D eigenvalue weighted by molar-refractivity contribution is 7.89. The summed E-state index contributed by atoms with van der Waals surface area (Å²) in [5.74, 6) is 0.0630. The van der Waals surface area contributed by atoms with E-state index in [-0.39, 0.29) is 10.7 Å². The number of benzene rings is 1. The summed E-state index contributed by atoms with van der Waals surface area (Å²) in [6, 6.07) is 2.75. The molecule has 2 N–H and O–H groups in total. The van der Waals surface area contributed by atoms with Crippen LogP contribution in [0.3, 0.4) is 0 Å². The van der Waals surface area contributed by atoms with Crippen molar-refractivity contribution < 1.29 is 12.8 Å². The first-order valence-electron chi connectivity index (χ1n) is 6.71. The second-order valence-corrected chi connectivity index (χ2v) is 7.09. The summed E-state index contributed by atoms with van der Waals surface area (Å²) in [5, 5.41) is 2.83. The summed E-state index contributed by atoms with van der Waals surface area (Å²) in [6.45, 7) is 6.31. The number of nitrogens with one attached hydrogen (secondary N) is 2. The average molecular weight is 302 g/mol. The van der Waals surface area contributed by atoms with E-state index in [0.717, 1.165) is 6.42 Å². The molecule has 1 aromatic rings. The van der Waals surface area contributed by atoms with Gasteiger partial charge in [0.05, 0.1) is 4.90 Å². The number of aryl methyl sites for hydroxylation is 1. The van der Waals surface area contributed by atoms with Crippen LogP contribution in [0.1, 0.15) is 31.4 Å². The Bertz CT molecular complexity index is 557. The van der Waals surface area contributed by atoms with Crippen molar-refractivity contribution in [1.82, 2.24) is 10.0 Å². The molecule has 0 spiro atoms. The first-order chi connectivity index (χ1) is 9.27. The molecule has 0 atom stereocenters. The van der Waals surface area contributed by atoms with Gasteiger partial charge >= 0.3 is 0 Å². The van der Waals surface area contributed by atoms with Crippen LogP contribution in [0.4, 0.5) is 4.39 Å². The van der Waals surface area contributed by atoms with E-state index >= 15 is 0 Å². The minimum Gasteiger partial charge on any atom is -0.316 e. The van der Waals surface area contributed by atoms with E-state index in [2.05, 4.69) is 10.0 Å². The molecule has 4 nitrogen and oxygen atoms in total. The van der Waals surface area contributed by atoms with E-state index in [1.54, 1.807) is 14.0 Å². The number of rotatable bonds is 7. The molecule has 0 aromatic heterocycles. The monoisotopic (exact) mass is 302 g/mol. The molecular weight excluding hydrogens is 279 g/mol. The molecule has 1 rings (SSSR count). The lowest BCUT2D eigenvalue weighted by molar-refractivity contribution is 0.550. The normalized spacial score (nSPS) is 12.1. The molecule has 114 valence electrons. The maximum Gasteiger partial charge on any atom is 0.240 e. The van der Waals surface area contributed by atoms with Crippen molar-refractivity contribution in [3.8, 4) is 0 Å². The van der Waals surface area contributed by atoms with E-state index in [9.17, 15) is 12.8 Å². The lowest BCUT2D eigenvalue weighted by atomic mass is 10.1. The molecule has 20 heavy (non-hydrogen) atoms. The van der Waals surface area contributed by atoms with Crippen LogP contribution < -0.4 is 10.0 Å². The Kier molecular flexibility index (Phi) is 6.10. The van der Waals surface area contributed by atoms with Crippen LogP contribution in [-0.4, -0.2) is 22.0 Å². The molecule has 0 saturated heterocycles. The van der Waals surface area contributed by atoms with Crippen molar-refractivity contribution in [1.29, 1.82) is 0 Å². The smallest absolute Gasteiger partial charge is 0.240 e. The van der Waals surface area contributed by atoms with Crippen molar-refractivity contribution in [2.45, 2.75) is 38.6 Å². The zero-order valence-electron chi connectivity index (χ0n) is 12.5. The summed E-state index contributed by atoms with van der Waals surface area (Å²) < 4.78 is 40.8.